The minimum atomic E-state index is 0. The van der Waals surface area contributed by atoms with E-state index in [1.807, 2.05) is 43.3 Å². The van der Waals surface area contributed by atoms with Gasteiger partial charge < -0.3 is 20.1 Å². The molecule has 2 N–H and O–H groups in total. The fraction of sp³-hybridized carbons (Fsp3) is 0.455. The van der Waals surface area contributed by atoms with E-state index in [1.165, 1.54) is 12.8 Å². The van der Waals surface area contributed by atoms with Crippen molar-refractivity contribution in [2.24, 2.45) is 5.92 Å². The molecule has 0 unspecified atom stereocenters. The molecule has 0 bridgehead atoms. The number of para-hydroxylation sites is 1. The Morgan fingerprint density at radius 3 is 2.45 bits per heavy atom. The summed E-state index contributed by atoms with van der Waals surface area (Å²) in [7, 11) is 0. The number of nitrogens with one attached hydrogen (secondary N) is 2. The van der Waals surface area contributed by atoms with Crippen molar-refractivity contribution in [3.8, 4) is 11.5 Å². The van der Waals surface area contributed by atoms with Gasteiger partial charge in [0.15, 0.2) is 11.5 Å². The van der Waals surface area contributed by atoms with E-state index in [0.717, 1.165) is 59.7 Å². The summed E-state index contributed by atoms with van der Waals surface area (Å²) in [4.78, 5) is 0. The number of piperidine rings is 1. The van der Waals surface area contributed by atoms with Crippen molar-refractivity contribution in [1.82, 2.24) is 10.6 Å². The molecule has 1 saturated heterocycles. The predicted molar refractivity (Wildman–Crippen MR) is 125 cm³/mol. The van der Waals surface area contributed by atoms with Crippen molar-refractivity contribution in [3.05, 3.63) is 58.6 Å². The summed E-state index contributed by atoms with van der Waals surface area (Å²) in [5, 5.41) is 7.76. The van der Waals surface area contributed by atoms with Crippen LogP contribution < -0.4 is 20.1 Å². The van der Waals surface area contributed by atoms with Crippen LogP contribution in [0.1, 0.15) is 30.9 Å². The second kappa shape index (κ2) is 13.9. The molecule has 0 saturated carbocycles. The lowest BCUT2D eigenvalue weighted by atomic mass is 9.98. The minimum absolute atomic E-state index is 0. The van der Waals surface area contributed by atoms with Crippen molar-refractivity contribution in [1.29, 1.82) is 0 Å². The highest BCUT2D eigenvalue weighted by Gasteiger charge is 2.14. The van der Waals surface area contributed by atoms with E-state index in [2.05, 4.69) is 16.7 Å². The minimum Gasteiger partial charge on any atom is -0.490 e. The largest absolute Gasteiger partial charge is 0.490 e. The molecule has 0 amide bonds. The van der Waals surface area contributed by atoms with Gasteiger partial charge in [-0.25, -0.2) is 0 Å². The first kappa shape index (κ1) is 25.9. The number of hydrogen-bond donors (Lipinski definition) is 2. The van der Waals surface area contributed by atoms with E-state index >= 15 is 0 Å². The average Bonchev–Trinajstić information content (AvgIpc) is 2.70. The molecule has 0 spiro atoms. The summed E-state index contributed by atoms with van der Waals surface area (Å²) in [5.74, 6) is 2.37. The normalized spacial score (nSPS) is 13.9. The van der Waals surface area contributed by atoms with Gasteiger partial charge in [0, 0.05) is 17.1 Å². The SMILES string of the molecule is CCOc1cccc(CNCC2CCNCC2)c1OCc1ccc(Cl)cc1.Cl.Cl. The second-order valence-electron chi connectivity index (χ2n) is 6.92. The van der Waals surface area contributed by atoms with Crippen molar-refractivity contribution in [2.75, 3.05) is 26.2 Å². The van der Waals surface area contributed by atoms with E-state index in [4.69, 9.17) is 21.1 Å². The molecule has 162 valence electrons. The first-order valence-corrected chi connectivity index (χ1v) is 10.2. The molecule has 2 aromatic rings. The molecule has 1 aliphatic heterocycles. The maximum absolute atomic E-state index is 6.17. The third kappa shape index (κ3) is 8.23. The molecule has 2 aromatic carbocycles. The summed E-state index contributed by atoms with van der Waals surface area (Å²) in [6.07, 6.45) is 2.48. The van der Waals surface area contributed by atoms with Gasteiger partial charge in [-0.15, -0.1) is 24.8 Å². The van der Waals surface area contributed by atoms with Crippen molar-refractivity contribution < 1.29 is 9.47 Å². The zero-order valence-electron chi connectivity index (χ0n) is 16.8. The molecule has 1 fully saturated rings. The van der Waals surface area contributed by atoms with Gasteiger partial charge in [0.2, 0.25) is 0 Å². The van der Waals surface area contributed by atoms with E-state index in [0.29, 0.717) is 13.2 Å². The predicted octanol–water partition coefficient (Wildman–Crippen LogP) is 5.25. The summed E-state index contributed by atoms with van der Waals surface area (Å²) in [5.41, 5.74) is 2.21. The maximum atomic E-state index is 6.17. The van der Waals surface area contributed by atoms with Gasteiger partial charge >= 0.3 is 0 Å². The molecule has 7 heteroatoms. The molecule has 1 heterocycles. The average molecular weight is 462 g/mol. The maximum Gasteiger partial charge on any atom is 0.166 e. The zero-order valence-corrected chi connectivity index (χ0v) is 19.2. The fourth-order valence-electron chi connectivity index (χ4n) is 3.37. The standard InChI is InChI=1S/C22H29ClN2O2.2ClH/c1-2-26-21-5-3-4-19(15-25-14-17-10-12-24-13-11-17)22(21)27-16-18-6-8-20(23)9-7-18;;/h3-9,17,24-25H,2,10-16H2,1H3;2*1H. The number of ether oxygens (including phenoxy) is 2. The zero-order chi connectivity index (χ0) is 18.9. The Bertz CT molecular complexity index is 708. The lowest BCUT2D eigenvalue weighted by Gasteiger charge is -2.23. The number of halogens is 3. The van der Waals surface area contributed by atoms with Crippen LogP contribution in [0.2, 0.25) is 5.02 Å². The molecule has 0 aliphatic carbocycles. The summed E-state index contributed by atoms with van der Waals surface area (Å²) >= 11 is 5.97. The molecule has 4 nitrogen and oxygen atoms in total. The Labute approximate surface area is 191 Å². The molecule has 0 atom stereocenters. The first-order chi connectivity index (χ1) is 13.3. The Morgan fingerprint density at radius 2 is 1.76 bits per heavy atom. The van der Waals surface area contributed by atoms with Crippen LogP contribution in [-0.2, 0) is 13.2 Å². The summed E-state index contributed by atoms with van der Waals surface area (Å²) in [6, 6.07) is 13.8. The Morgan fingerprint density at radius 1 is 1.03 bits per heavy atom. The van der Waals surface area contributed by atoms with Crippen molar-refractivity contribution in [3.63, 3.8) is 0 Å². The van der Waals surface area contributed by atoms with Crippen LogP contribution in [0.4, 0.5) is 0 Å². The highest BCUT2D eigenvalue weighted by atomic mass is 35.5. The van der Waals surface area contributed by atoms with Gasteiger partial charge in [-0.3, -0.25) is 0 Å². The molecule has 1 aliphatic rings. The topological polar surface area (TPSA) is 42.5 Å². The molecular formula is C22H31Cl3N2O2. The highest BCUT2D eigenvalue weighted by molar-refractivity contribution is 6.30. The van der Waals surface area contributed by atoms with Gasteiger partial charge in [-0.2, -0.15) is 0 Å². The number of benzene rings is 2. The number of rotatable bonds is 9. The van der Waals surface area contributed by atoms with E-state index in [9.17, 15) is 0 Å². The summed E-state index contributed by atoms with van der Waals surface area (Å²) < 4.78 is 12.0. The monoisotopic (exact) mass is 460 g/mol. The van der Waals surface area contributed by atoms with Crippen LogP contribution in [0.25, 0.3) is 0 Å². The Kier molecular flexibility index (Phi) is 12.4. The third-order valence-corrected chi connectivity index (χ3v) is 5.12. The number of hydrogen-bond acceptors (Lipinski definition) is 4. The van der Waals surface area contributed by atoms with Crippen molar-refractivity contribution >= 4 is 36.4 Å². The molecule has 0 aromatic heterocycles. The van der Waals surface area contributed by atoms with Crippen LogP contribution in [0.3, 0.4) is 0 Å². The van der Waals surface area contributed by atoms with E-state index in [1.54, 1.807) is 0 Å². The first-order valence-electron chi connectivity index (χ1n) is 9.79. The van der Waals surface area contributed by atoms with E-state index < -0.39 is 0 Å². The van der Waals surface area contributed by atoms with Gasteiger partial charge in [-0.1, -0.05) is 35.9 Å². The summed E-state index contributed by atoms with van der Waals surface area (Å²) in [6.45, 7) is 7.16. The smallest absolute Gasteiger partial charge is 0.166 e. The lowest BCUT2D eigenvalue weighted by Crippen LogP contribution is -2.33. The van der Waals surface area contributed by atoms with Crippen LogP contribution in [0.5, 0.6) is 11.5 Å². The Balaban J connectivity index is 0.00000210. The Hall–Kier alpha value is -1.17. The van der Waals surface area contributed by atoms with Crippen molar-refractivity contribution in [2.45, 2.75) is 32.9 Å². The van der Waals surface area contributed by atoms with Gasteiger partial charge in [0.25, 0.3) is 0 Å². The molecule has 3 rings (SSSR count). The fourth-order valence-corrected chi connectivity index (χ4v) is 3.49. The molecule has 0 radical (unpaired) electrons. The van der Waals surface area contributed by atoms with Gasteiger partial charge in [0.05, 0.1) is 6.61 Å². The quantitative estimate of drug-likeness (QED) is 0.535. The van der Waals surface area contributed by atoms with Gasteiger partial charge in [0.1, 0.15) is 6.61 Å². The van der Waals surface area contributed by atoms with E-state index in [-0.39, 0.29) is 24.8 Å². The molecular weight excluding hydrogens is 431 g/mol. The third-order valence-electron chi connectivity index (χ3n) is 4.86. The van der Waals surface area contributed by atoms with Crippen LogP contribution in [0.15, 0.2) is 42.5 Å². The molecule has 29 heavy (non-hydrogen) atoms. The van der Waals surface area contributed by atoms with Crippen LogP contribution in [0, 0.1) is 5.92 Å². The van der Waals surface area contributed by atoms with Crippen LogP contribution >= 0.6 is 36.4 Å². The van der Waals surface area contributed by atoms with Crippen LogP contribution in [-0.4, -0.2) is 26.2 Å². The lowest BCUT2D eigenvalue weighted by molar-refractivity contribution is 0.265. The highest BCUT2D eigenvalue weighted by Crippen LogP contribution is 2.32. The van der Waals surface area contributed by atoms with Gasteiger partial charge in [-0.05, 0) is 69.1 Å². The second-order valence-corrected chi connectivity index (χ2v) is 7.35.